The number of benzene rings is 1. The number of hydrogen-bond acceptors (Lipinski definition) is 3. The number of nitrogens with zero attached hydrogens (tertiary/aromatic N) is 3. The van der Waals surface area contributed by atoms with Crippen LogP contribution in [0.15, 0.2) is 48.5 Å². The van der Waals surface area contributed by atoms with Gasteiger partial charge in [-0.2, -0.15) is 0 Å². The third kappa shape index (κ3) is 3.22. The summed E-state index contributed by atoms with van der Waals surface area (Å²) in [6.45, 7) is 3.86. The van der Waals surface area contributed by atoms with Gasteiger partial charge in [-0.05, 0) is 50.3 Å². The molecule has 2 fully saturated rings. The number of amides is 2. The molecular formula is C22H25N3O2. The van der Waals surface area contributed by atoms with Gasteiger partial charge < -0.3 is 9.80 Å². The van der Waals surface area contributed by atoms with Crippen LogP contribution in [0.1, 0.15) is 47.4 Å². The molecule has 0 radical (unpaired) electrons. The SMILES string of the molecule is Cc1cccc(C(=O)N2CCCC23CCCN(Cc2ccccc2)C3=O)n1. The van der Waals surface area contributed by atoms with Crippen LogP contribution in [0.3, 0.4) is 0 Å². The molecule has 140 valence electrons. The molecule has 0 aliphatic carbocycles. The smallest absolute Gasteiger partial charge is 0.273 e. The number of aryl methyl sites for hydroxylation is 1. The van der Waals surface area contributed by atoms with Crippen molar-refractivity contribution in [2.24, 2.45) is 0 Å². The van der Waals surface area contributed by atoms with Crippen molar-refractivity contribution < 1.29 is 9.59 Å². The second-order valence-corrected chi connectivity index (χ2v) is 7.57. The summed E-state index contributed by atoms with van der Waals surface area (Å²) in [6, 6.07) is 15.5. The average molecular weight is 363 g/mol. The standard InChI is InChI=1S/C22H25N3O2/c1-17-8-5-11-19(23-17)20(26)25-15-7-13-22(25)12-6-14-24(21(22)27)16-18-9-3-2-4-10-18/h2-5,8-11H,6-7,12-16H2,1H3. The Morgan fingerprint density at radius 1 is 1.04 bits per heavy atom. The van der Waals surface area contributed by atoms with Gasteiger partial charge in [0.05, 0.1) is 0 Å². The van der Waals surface area contributed by atoms with Gasteiger partial charge in [0.15, 0.2) is 0 Å². The highest BCUT2D eigenvalue weighted by Gasteiger charge is 2.52. The molecule has 1 unspecified atom stereocenters. The predicted molar refractivity (Wildman–Crippen MR) is 103 cm³/mol. The fraction of sp³-hybridized carbons (Fsp3) is 0.409. The monoisotopic (exact) mass is 363 g/mol. The summed E-state index contributed by atoms with van der Waals surface area (Å²) in [4.78, 5) is 34.8. The molecule has 1 aromatic heterocycles. The molecule has 2 aliphatic heterocycles. The van der Waals surface area contributed by atoms with E-state index in [4.69, 9.17) is 0 Å². The Bertz CT molecular complexity index is 852. The first kappa shape index (κ1) is 17.7. The average Bonchev–Trinajstić information content (AvgIpc) is 3.10. The molecule has 2 aliphatic rings. The minimum Gasteiger partial charge on any atom is -0.336 e. The topological polar surface area (TPSA) is 53.5 Å². The Labute approximate surface area is 160 Å². The van der Waals surface area contributed by atoms with Gasteiger partial charge in [0.1, 0.15) is 11.2 Å². The molecular weight excluding hydrogens is 338 g/mol. The molecule has 0 saturated carbocycles. The van der Waals surface area contributed by atoms with Crippen molar-refractivity contribution in [2.75, 3.05) is 13.1 Å². The van der Waals surface area contributed by atoms with Gasteiger partial charge in [-0.3, -0.25) is 9.59 Å². The summed E-state index contributed by atoms with van der Waals surface area (Å²) < 4.78 is 0. The number of piperidine rings is 1. The maximum Gasteiger partial charge on any atom is 0.273 e. The summed E-state index contributed by atoms with van der Waals surface area (Å²) >= 11 is 0. The molecule has 5 nitrogen and oxygen atoms in total. The minimum absolute atomic E-state index is 0.0936. The molecule has 0 N–H and O–H groups in total. The highest BCUT2D eigenvalue weighted by Crippen LogP contribution is 2.39. The predicted octanol–water partition coefficient (Wildman–Crippen LogP) is 3.19. The van der Waals surface area contributed by atoms with E-state index < -0.39 is 5.54 Å². The lowest BCUT2D eigenvalue weighted by atomic mass is 9.85. The number of likely N-dealkylation sites (tertiary alicyclic amines) is 2. The van der Waals surface area contributed by atoms with Crippen molar-refractivity contribution in [1.82, 2.24) is 14.8 Å². The summed E-state index contributed by atoms with van der Waals surface area (Å²) in [5.41, 5.74) is 1.67. The van der Waals surface area contributed by atoms with E-state index in [9.17, 15) is 9.59 Å². The van der Waals surface area contributed by atoms with Crippen LogP contribution in [-0.2, 0) is 11.3 Å². The van der Waals surface area contributed by atoms with Crippen LogP contribution in [0.2, 0.25) is 0 Å². The van der Waals surface area contributed by atoms with Crippen LogP contribution < -0.4 is 0 Å². The third-order valence-corrected chi connectivity index (χ3v) is 5.76. The summed E-state index contributed by atoms with van der Waals surface area (Å²) in [5.74, 6) is -0.0257. The van der Waals surface area contributed by atoms with Crippen molar-refractivity contribution in [2.45, 2.75) is 44.7 Å². The fourth-order valence-electron chi connectivity index (χ4n) is 4.48. The van der Waals surface area contributed by atoms with E-state index in [0.29, 0.717) is 18.8 Å². The van der Waals surface area contributed by atoms with Crippen molar-refractivity contribution in [3.8, 4) is 0 Å². The lowest BCUT2D eigenvalue weighted by molar-refractivity contribution is -0.146. The van der Waals surface area contributed by atoms with Crippen molar-refractivity contribution >= 4 is 11.8 Å². The van der Waals surface area contributed by atoms with Crippen LogP contribution in [0.5, 0.6) is 0 Å². The Morgan fingerprint density at radius 2 is 1.78 bits per heavy atom. The first-order chi connectivity index (χ1) is 13.1. The number of rotatable bonds is 3. The van der Waals surface area contributed by atoms with E-state index in [1.807, 2.05) is 54.3 Å². The van der Waals surface area contributed by atoms with Gasteiger partial charge >= 0.3 is 0 Å². The van der Waals surface area contributed by atoms with Crippen molar-refractivity contribution in [3.63, 3.8) is 0 Å². The molecule has 4 rings (SSSR count). The zero-order valence-electron chi connectivity index (χ0n) is 15.7. The second kappa shape index (κ2) is 7.14. The van der Waals surface area contributed by atoms with Gasteiger partial charge in [0.25, 0.3) is 5.91 Å². The summed E-state index contributed by atoms with van der Waals surface area (Å²) in [7, 11) is 0. The van der Waals surface area contributed by atoms with Gasteiger partial charge in [-0.15, -0.1) is 0 Å². The first-order valence-corrected chi connectivity index (χ1v) is 9.69. The number of pyridine rings is 1. The van der Waals surface area contributed by atoms with E-state index >= 15 is 0 Å². The maximum absolute atomic E-state index is 13.5. The summed E-state index contributed by atoms with van der Waals surface area (Å²) in [5, 5.41) is 0. The zero-order valence-corrected chi connectivity index (χ0v) is 15.7. The number of carbonyl (C=O) groups is 2. The fourth-order valence-corrected chi connectivity index (χ4v) is 4.48. The molecule has 0 bridgehead atoms. The molecule has 2 amide bonds. The Morgan fingerprint density at radius 3 is 2.52 bits per heavy atom. The summed E-state index contributed by atoms with van der Waals surface area (Å²) in [6.07, 6.45) is 3.27. The molecule has 3 heterocycles. The molecule has 5 heteroatoms. The van der Waals surface area contributed by atoms with Crippen LogP contribution in [0.25, 0.3) is 0 Å². The van der Waals surface area contributed by atoms with Gasteiger partial charge in [0.2, 0.25) is 5.91 Å². The lowest BCUT2D eigenvalue weighted by Crippen LogP contribution is -2.61. The van der Waals surface area contributed by atoms with E-state index in [-0.39, 0.29) is 11.8 Å². The zero-order chi connectivity index (χ0) is 18.9. The first-order valence-electron chi connectivity index (χ1n) is 9.69. The molecule has 2 aromatic rings. The van der Waals surface area contributed by atoms with Crippen LogP contribution >= 0.6 is 0 Å². The largest absolute Gasteiger partial charge is 0.336 e. The number of aromatic nitrogens is 1. The minimum atomic E-state index is -0.699. The van der Waals surface area contributed by atoms with Crippen LogP contribution in [-0.4, -0.2) is 45.2 Å². The van der Waals surface area contributed by atoms with E-state index in [2.05, 4.69) is 4.98 Å². The Balaban J connectivity index is 1.60. The van der Waals surface area contributed by atoms with Crippen molar-refractivity contribution in [3.05, 3.63) is 65.5 Å². The van der Waals surface area contributed by atoms with Gasteiger partial charge in [-0.25, -0.2) is 4.98 Å². The van der Waals surface area contributed by atoms with Crippen LogP contribution in [0.4, 0.5) is 0 Å². The van der Waals surface area contributed by atoms with E-state index in [1.165, 1.54) is 0 Å². The highest BCUT2D eigenvalue weighted by molar-refractivity contribution is 5.99. The van der Waals surface area contributed by atoms with E-state index in [1.54, 1.807) is 11.0 Å². The number of hydrogen-bond donors (Lipinski definition) is 0. The maximum atomic E-state index is 13.5. The van der Waals surface area contributed by atoms with Gasteiger partial charge in [0, 0.05) is 25.3 Å². The molecule has 27 heavy (non-hydrogen) atoms. The molecule has 1 atom stereocenters. The highest BCUT2D eigenvalue weighted by atomic mass is 16.2. The molecule has 2 saturated heterocycles. The van der Waals surface area contributed by atoms with E-state index in [0.717, 1.165) is 43.5 Å². The quantitative estimate of drug-likeness (QED) is 0.842. The molecule has 1 spiro atoms. The van der Waals surface area contributed by atoms with Crippen LogP contribution in [0, 0.1) is 6.92 Å². The normalized spacial score (nSPS) is 22.5. The van der Waals surface area contributed by atoms with Crippen molar-refractivity contribution in [1.29, 1.82) is 0 Å². The number of carbonyl (C=O) groups excluding carboxylic acids is 2. The Hall–Kier alpha value is -2.69. The van der Waals surface area contributed by atoms with Gasteiger partial charge in [-0.1, -0.05) is 36.4 Å². The Kier molecular flexibility index (Phi) is 4.68. The third-order valence-electron chi connectivity index (χ3n) is 5.76. The molecule has 1 aromatic carbocycles. The second-order valence-electron chi connectivity index (χ2n) is 7.57. The lowest BCUT2D eigenvalue weighted by Gasteiger charge is -2.44.